The van der Waals surface area contributed by atoms with Crippen molar-refractivity contribution < 1.29 is 18.8 Å². The lowest BCUT2D eigenvalue weighted by molar-refractivity contribution is -0.920. The van der Waals surface area contributed by atoms with Crippen molar-refractivity contribution in [1.82, 2.24) is 0 Å². The number of benzene rings is 2. The second-order valence-electron chi connectivity index (χ2n) is 11.7. The number of carbonyl (C=O) groups is 1. The Morgan fingerprint density at radius 2 is 1.36 bits per heavy atom. The molecule has 0 heterocycles. The molecule has 0 fully saturated rings. The lowest BCUT2D eigenvalue weighted by atomic mass is 10.0. The van der Waals surface area contributed by atoms with Crippen LogP contribution in [0.2, 0.25) is 0 Å². The lowest BCUT2D eigenvalue weighted by Gasteiger charge is -2.36. The van der Waals surface area contributed by atoms with Crippen LogP contribution in [0.4, 0.5) is 0 Å². The van der Waals surface area contributed by atoms with Crippen molar-refractivity contribution in [1.29, 1.82) is 0 Å². The predicted octanol–water partition coefficient (Wildman–Crippen LogP) is 8.91. The Morgan fingerprint density at radius 3 is 1.95 bits per heavy atom. The molecule has 4 heteroatoms. The minimum absolute atomic E-state index is 0.129. The highest BCUT2D eigenvalue weighted by molar-refractivity contribution is 5.74. The Morgan fingerprint density at radius 1 is 0.744 bits per heavy atom. The minimum atomic E-state index is -0.201. The number of hydrogen-bond acceptors (Lipinski definition) is 3. The van der Waals surface area contributed by atoms with Crippen LogP contribution in [0.3, 0.4) is 0 Å². The summed E-state index contributed by atoms with van der Waals surface area (Å²) in [5, 5.41) is 0. The van der Waals surface area contributed by atoms with E-state index < -0.39 is 0 Å². The van der Waals surface area contributed by atoms with Crippen molar-refractivity contribution in [2.45, 2.75) is 123 Å². The van der Waals surface area contributed by atoms with Gasteiger partial charge in [0.2, 0.25) is 0 Å². The predicted molar refractivity (Wildman–Crippen MR) is 164 cm³/mol. The van der Waals surface area contributed by atoms with Gasteiger partial charge in [-0.25, -0.2) is 4.79 Å². The molecule has 2 unspecified atom stereocenters. The Hall–Kier alpha value is -2.33. The zero-order valence-corrected chi connectivity index (χ0v) is 25.6. The molecule has 0 N–H and O–H groups in total. The summed E-state index contributed by atoms with van der Waals surface area (Å²) >= 11 is 0. The molecule has 2 rings (SSSR count). The van der Waals surface area contributed by atoms with E-state index in [1.807, 2.05) is 6.07 Å². The average Bonchev–Trinajstić information content (AvgIpc) is 2.93. The van der Waals surface area contributed by atoms with Crippen molar-refractivity contribution in [2.75, 3.05) is 20.7 Å². The third kappa shape index (κ3) is 13.0. The van der Waals surface area contributed by atoms with E-state index in [2.05, 4.69) is 83.4 Å². The van der Waals surface area contributed by atoms with E-state index in [1.165, 1.54) is 68.9 Å². The lowest BCUT2D eigenvalue weighted by Crippen LogP contribution is -2.53. The number of hydrogen-bond donors (Lipinski definition) is 0. The highest BCUT2D eigenvalue weighted by Gasteiger charge is 2.36. The van der Waals surface area contributed by atoms with E-state index in [0.717, 1.165) is 38.0 Å². The van der Waals surface area contributed by atoms with Crippen molar-refractivity contribution in [3.63, 3.8) is 0 Å². The zero-order valence-electron chi connectivity index (χ0n) is 25.6. The van der Waals surface area contributed by atoms with Gasteiger partial charge in [0, 0.05) is 12.0 Å². The highest BCUT2D eigenvalue weighted by atomic mass is 16.6. The summed E-state index contributed by atoms with van der Waals surface area (Å²) in [6, 6.07) is 18.7. The number of nitrogens with zero attached hydrogens (tertiary/aromatic N) is 1. The maximum Gasteiger partial charge on any atom is 0.365 e. The third-order valence-corrected chi connectivity index (χ3v) is 7.77. The average molecular weight is 539 g/mol. The summed E-state index contributed by atoms with van der Waals surface area (Å²) < 4.78 is 12.6. The van der Waals surface area contributed by atoms with E-state index in [9.17, 15) is 4.79 Å². The van der Waals surface area contributed by atoms with Gasteiger partial charge in [0.25, 0.3) is 0 Å². The summed E-state index contributed by atoms with van der Waals surface area (Å²) in [6.45, 7) is 7.55. The molecule has 2 aromatic carbocycles. The molecule has 0 aliphatic heterocycles. The molecule has 4 nitrogen and oxygen atoms in total. The standard InChI is InChI=1S/C35H56NO3/c1-6-9-10-11-12-13-14-15-17-21-30-24-26-33(27-25-30)39-32(8-3)29-38-35(37)34(20-7-2)36(4,5)28-31-22-18-16-19-23-31/h16,18-19,22-27,32,34H,6-15,17,20-21,28-29H2,1-5H3/q+1. The fourth-order valence-electron chi connectivity index (χ4n) is 5.26. The highest BCUT2D eigenvalue weighted by Crippen LogP contribution is 2.21. The molecule has 0 saturated heterocycles. The first-order valence-corrected chi connectivity index (χ1v) is 15.7. The van der Waals surface area contributed by atoms with Crippen LogP contribution in [0.25, 0.3) is 0 Å². The van der Waals surface area contributed by atoms with Gasteiger partial charge < -0.3 is 14.0 Å². The molecule has 0 saturated carbocycles. The number of unbranched alkanes of at least 4 members (excludes halogenated alkanes) is 8. The normalized spacial score (nSPS) is 13.2. The fourth-order valence-corrected chi connectivity index (χ4v) is 5.26. The molecule has 0 aromatic heterocycles. The van der Waals surface area contributed by atoms with Crippen LogP contribution in [-0.2, 0) is 22.5 Å². The molecule has 218 valence electrons. The number of ether oxygens (including phenoxy) is 2. The van der Waals surface area contributed by atoms with E-state index in [-0.39, 0.29) is 24.7 Å². The van der Waals surface area contributed by atoms with Crippen LogP contribution >= 0.6 is 0 Å². The Balaban J connectivity index is 1.77. The van der Waals surface area contributed by atoms with Gasteiger partial charge in [-0.15, -0.1) is 0 Å². The first kappa shape index (κ1) is 32.9. The number of likely N-dealkylation sites (N-methyl/N-ethyl adjacent to an activating group) is 1. The zero-order chi connectivity index (χ0) is 28.3. The Labute approximate surface area is 239 Å². The topological polar surface area (TPSA) is 35.5 Å². The van der Waals surface area contributed by atoms with Gasteiger partial charge in [0.05, 0.1) is 14.1 Å². The van der Waals surface area contributed by atoms with Crippen molar-refractivity contribution in [3.05, 3.63) is 65.7 Å². The molecule has 39 heavy (non-hydrogen) atoms. The Bertz CT molecular complexity index is 894. The first-order valence-electron chi connectivity index (χ1n) is 15.7. The molecule has 2 aromatic rings. The molecule has 0 aliphatic rings. The van der Waals surface area contributed by atoms with Gasteiger partial charge in [0.15, 0.2) is 6.04 Å². The van der Waals surface area contributed by atoms with Crippen molar-refractivity contribution in [2.24, 2.45) is 0 Å². The molecule has 0 spiro atoms. The quantitative estimate of drug-likeness (QED) is 0.0904. The summed E-state index contributed by atoms with van der Waals surface area (Å²) in [5.74, 6) is 0.718. The van der Waals surface area contributed by atoms with Crippen LogP contribution < -0.4 is 4.74 Å². The monoisotopic (exact) mass is 538 g/mol. The number of esters is 1. The van der Waals surface area contributed by atoms with Crippen LogP contribution in [0.5, 0.6) is 5.75 Å². The minimum Gasteiger partial charge on any atom is -0.487 e. The van der Waals surface area contributed by atoms with Crippen LogP contribution in [0.15, 0.2) is 54.6 Å². The molecule has 0 radical (unpaired) electrons. The van der Waals surface area contributed by atoms with Crippen molar-refractivity contribution >= 4 is 5.97 Å². The summed E-state index contributed by atoms with van der Waals surface area (Å²) in [6.07, 6.45) is 15.7. The van der Waals surface area contributed by atoms with Gasteiger partial charge in [-0.3, -0.25) is 0 Å². The van der Waals surface area contributed by atoms with E-state index >= 15 is 0 Å². The smallest absolute Gasteiger partial charge is 0.365 e. The van der Waals surface area contributed by atoms with Crippen LogP contribution in [0, 0.1) is 0 Å². The SMILES string of the molecule is CCCCCCCCCCCc1ccc(OC(CC)COC(=O)C(CCC)[N+](C)(C)Cc2ccccc2)cc1. The number of rotatable bonds is 21. The largest absolute Gasteiger partial charge is 0.487 e. The van der Waals surface area contributed by atoms with Gasteiger partial charge >= 0.3 is 5.97 Å². The number of aryl methyl sites for hydroxylation is 1. The summed E-state index contributed by atoms with van der Waals surface area (Å²) in [5.41, 5.74) is 2.60. The molecule has 0 amide bonds. The summed E-state index contributed by atoms with van der Waals surface area (Å²) in [7, 11) is 4.25. The van der Waals surface area contributed by atoms with Gasteiger partial charge in [0.1, 0.15) is 25.0 Å². The van der Waals surface area contributed by atoms with Crippen molar-refractivity contribution in [3.8, 4) is 5.75 Å². The first-order chi connectivity index (χ1) is 18.9. The van der Waals surface area contributed by atoms with Gasteiger partial charge in [-0.1, -0.05) is 115 Å². The molecular weight excluding hydrogens is 482 g/mol. The second-order valence-corrected chi connectivity index (χ2v) is 11.7. The third-order valence-electron chi connectivity index (χ3n) is 7.77. The van der Waals surface area contributed by atoms with E-state index in [4.69, 9.17) is 9.47 Å². The second kappa shape index (κ2) is 18.9. The van der Waals surface area contributed by atoms with Gasteiger partial charge in [-0.2, -0.15) is 0 Å². The summed E-state index contributed by atoms with van der Waals surface area (Å²) in [4.78, 5) is 13.2. The number of carbonyl (C=O) groups excluding carboxylic acids is 1. The maximum atomic E-state index is 13.2. The fraction of sp³-hybridized carbons (Fsp3) is 0.629. The van der Waals surface area contributed by atoms with Crippen LogP contribution in [0.1, 0.15) is 109 Å². The van der Waals surface area contributed by atoms with E-state index in [1.54, 1.807) is 0 Å². The molecule has 0 bridgehead atoms. The maximum absolute atomic E-state index is 13.2. The Kier molecular flexibility index (Phi) is 15.9. The molecule has 2 atom stereocenters. The van der Waals surface area contributed by atoms with E-state index in [0.29, 0.717) is 4.48 Å². The number of quaternary nitrogens is 1. The molecule has 0 aliphatic carbocycles. The molecular formula is C35H56NO3+. The van der Waals surface area contributed by atoms with Gasteiger partial charge in [-0.05, 0) is 43.4 Å². The van der Waals surface area contributed by atoms with Crippen LogP contribution in [-0.4, -0.2) is 43.3 Å².